The molecular weight excluding hydrogens is 198 g/mol. The van der Waals surface area contributed by atoms with Gasteiger partial charge in [0.2, 0.25) is 0 Å². The highest BCUT2D eigenvalue weighted by atomic mass is 19.1. The Kier molecular flexibility index (Phi) is 2.98. The molecule has 0 atom stereocenters. The van der Waals surface area contributed by atoms with E-state index >= 15 is 0 Å². The van der Waals surface area contributed by atoms with Crippen LogP contribution < -0.4 is 5.32 Å². The van der Waals surface area contributed by atoms with Crippen LogP contribution in [0.25, 0.3) is 0 Å². The van der Waals surface area contributed by atoms with Crippen LogP contribution in [0.3, 0.4) is 0 Å². The normalized spacial score (nSPS) is 16.8. The Hall–Kier alpha value is -1.00. The maximum Gasteiger partial charge on any atom is 0.126 e. The van der Waals surface area contributed by atoms with Gasteiger partial charge in [0.05, 0.1) is 0 Å². The third-order valence-corrected chi connectivity index (χ3v) is 2.74. The van der Waals surface area contributed by atoms with Crippen LogP contribution in [0.15, 0.2) is 18.2 Å². The first-order chi connectivity index (χ1) is 7.15. The number of rotatable bonds is 3. The molecule has 0 aliphatic carbocycles. The molecule has 1 aliphatic heterocycles. The van der Waals surface area contributed by atoms with Crippen molar-refractivity contribution < 1.29 is 8.78 Å². The van der Waals surface area contributed by atoms with Gasteiger partial charge in [-0.1, -0.05) is 0 Å². The van der Waals surface area contributed by atoms with Crippen molar-refractivity contribution in [2.45, 2.75) is 12.6 Å². The number of nitrogens with one attached hydrogen (secondary N) is 1. The van der Waals surface area contributed by atoms with Crippen LogP contribution in [0.5, 0.6) is 0 Å². The fraction of sp³-hybridized carbons (Fsp3) is 0.455. The van der Waals surface area contributed by atoms with Crippen LogP contribution in [-0.4, -0.2) is 31.1 Å². The first-order valence-corrected chi connectivity index (χ1v) is 5.01. The third-order valence-electron chi connectivity index (χ3n) is 2.74. The van der Waals surface area contributed by atoms with Gasteiger partial charge in [-0.3, -0.25) is 4.90 Å². The molecule has 0 amide bonds. The largest absolute Gasteiger partial charge is 0.314 e. The number of hydrogen-bond acceptors (Lipinski definition) is 2. The lowest BCUT2D eigenvalue weighted by Gasteiger charge is -2.35. The molecule has 15 heavy (non-hydrogen) atoms. The number of halogens is 2. The van der Waals surface area contributed by atoms with Crippen LogP contribution >= 0.6 is 0 Å². The summed E-state index contributed by atoms with van der Waals surface area (Å²) in [5, 5.41) is 3.16. The van der Waals surface area contributed by atoms with E-state index in [9.17, 15) is 8.78 Å². The van der Waals surface area contributed by atoms with Gasteiger partial charge < -0.3 is 5.32 Å². The summed E-state index contributed by atoms with van der Waals surface area (Å²) in [6.07, 6.45) is 0. The Morgan fingerprint density at radius 3 is 2.33 bits per heavy atom. The minimum Gasteiger partial charge on any atom is -0.314 e. The Morgan fingerprint density at radius 2 is 1.87 bits per heavy atom. The highest BCUT2D eigenvalue weighted by molar-refractivity contribution is 5.17. The summed E-state index contributed by atoms with van der Waals surface area (Å²) < 4.78 is 25.8. The molecule has 2 rings (SSSR count). The first kappa shape index (κ1) is 10.5. The van der Waals surface area contributed by atoms with Gasteiger partial charge in [0.25, 0.3) is 0 Å². The molecule has 1 N–H and O–H groups in total. The Balaban J connectivity index is 2.02. The summed E-state index contributed by atoms with van der Waals surface area (Å²) in [4.78, 5) is 2.10. The summed E-state index contributed by atoms with van der Waals surface area (Å²) in [6, 6.07) is 4.14. The maximum atomic E-state index is 12.9. The molecule has 0 bridgehead atoms. The van der Waals surface area contributed by atoms with E-state index in [-0.39, 0.29) is 0 Å². The van der Waals surface area contributed by atoms with Crippen LogP contribution in [0, 0.1) is 11.6 Å². The van der Waals surface area contributed by atoms with E-state index in [2.05, 4.69) is 10.2 Å². The second-order valence-electron chi connectivity index (χ2n) is 4.00. The van der Waals surface area contributed by atoms with Gasteiger partial charge in [0.1, 0.15) is 11.6 Å². The zero-order valence-electron chi connectivity index (χ0n) is 8.63. The smallest absolute Gasteiger partial charge is 0.126 e. The molecule has 0 unspecified atom stereocenters. The zero-order chi connectivity index (χ0) is 10.8. The second-order valence-corrected chi connectivity index (χ2v) is 4.00. The van der Waals surface area contributed by atoms with E-state index in [0.29, 0.717) is 18.2 Å². The topological polar surface area (TPSA) is 15.3 Å². The molecule has 1 saturated heterocycles. The lowest BCUT2D eigenvalue weighted by molar-refractivity contribution is 0.173. The van der Waals surface area contributed by atoms with E-state index in [1.807, 2.05) is 7.05 Å². The molecule has 1 aromatic carbocycles. The van der Waals surface area contributed by atoms with Crippen molar-refractivity contribution in [2.24, 2.45) is 0 Å². The van der Waals surface area contributed by atoms with Crippen molar-refractivity contribution in [1.82, 2.24) is 10.2 Å². The highest BCUT2D eigenvalue weighted by Gasteiger charge is 2.21. The molecule has 0 saturated carbocycles. The van der Waals surface area contributed by atoms with E-state index < -0.39 is 11.6 Å². The molecule has 0 aromatic heterocycles. The van der Waals surface area contributed by atoms with Crippen molar-refractivity contribution >= 4 is 0 Å². The maximum absolute atomic E-state index is 12.9. The second kappa shape index (κ2) is 4.24. The van der Waals surface area contributed by atoms with Crippen molar-refractivity contribution in [3.63, 3.8) is 0 Å². The number of hydrogen-bond donors (Lipinski definition) is 1. The lowest BCUT2D eigenvalue weighted by Crippen LogP contribution is -2.55. The van der Waals surface area contributed by atoms with E-state index in [1.165, 1.54) is 12.1 Å². The van der Waals surface area contributed by atoms with Gasteiger partial charge in [-0.05, 0) is 24.7 Å². The average molecular weight is 212 g/mol. The summed E-state index contributed by atoms with van der Waals surface area (Å²) in [5.74, 6) is -1.02. The van der Waals surface area contributed by atoms with Gasteiger partial charge in [-0.15, -0.1) is 0 Å². The molecule has 2 nitrogen and oxygen atoms in total. The molecule has 0 radical (unpaired) electrons. The number of benzene rings is 1. The molecule has 0 spiro atoms. The van der Waals surface area contributed by atoms with Crippen molar-refractivity contribution in [3.05, 3.63) is 35.4 Å². The third kappa shape index (κ3) is 2.52. The molecule has 82 valence electrons. The Bertz CT molecular complexity index is 330. The molecule has 1 heterocycles. The molecule has 1 fully saturated rings. The first-order valence-electron chi connectivity index (χ1n) is 5.01. The number of likely N-dealkylation sites (N-methyl/N-ethyl adjacent to an activating group) is 1. The van der Waals surface area contributed by atoms with Crippen molar-refractivity contribution in [3.8, 4) is 0 Å². The summed E-state index contributed by atoms with van der Waals surface area (Å²) in [7, 11) is 1.97. The standard InChI is InChI=1S/C11H14F2N2/c1-15(11-5-14-6-11)7-8-2-9(12)4-10(13)3-8/h2-4,11,14H,5-7H2,1H3. The molecule has 1 aromatic rings. The van der Waals surface area contributed by atoms with Gasteiger partial charge in [0.15, 0.2) is 0 Å². The van der Waals surface area contributed by atoms with E-state index in [0.717, 1.165) is 19.2 Å². The Morgan fingerprint density at radius 1 is 1.27 bits per heavy atom. The minimum atomic E-state index is -0.509. The van der Waals surface area contributed by atoms with Gasteiger partial charge >= 0.3 is 0 Å². The van der Waals surface area contributed by atoms with E-state index in [1.54, 1.807) is 0 Å². The SMILES string of the molecule is CN(Cc1cc(F)cc(F)c1)C1CNC1. The zero-order valence-corrected chi connectivity index (χ0v) is 8.63. The van der Waals surface area contributed by atoms with Gasteiger partial charge in [-0.25, -0.2) is 8.78 Å². The van der Waals surface area contributed by atoms with Gasteiger partial charge in [0, 0.05) is 31.7 Å². The lowest BCUT2D eigenvalue weighted by atomic mass is 10.1. The van der Waals surface area contributed by atoms with Crippen LogP contribution in [0.1, 0.15) is 5.56 Å². The quantitative estimate of drug-likeness (QED) is 0.814. The monoisotopic (exact) mass is 212 g/mol. The number of nitrogens with zero attached hydrogens (tertiary/aromatic N) is 1. The Labute approximate surface area is 87.9 Å². The molecule has 4 heteroatoms. The molecular formula is C11H14F2N2. The van der Waals surface area contributed by atoms with Crippen LogP contribution in [0.4, 0.5) is 8.78 Å². The summed E-state index contributed by atoms with van der Waals surface area (Å²) >= 11 is 0. The fourth-order valence-electron chi connectivity index (χ4n) is 1.70. The van der Waals surface area contributed by atoms with Crippen LogP contribution in [0.2, 0.25) is 0 Å². The average Bonchev–Trinajstić information content (AvgIpc) is 1.96. The van der Waals surface area contributed by atoms with Crippen LogP contribution in [-0.2, 0) is 6.54 Å². The molecule has 1 aliphatic rings. The van der Waals surface area contributed by atoms with E-state index in [4.69, 9.17) is 0 Å². The highest BCUT2D eigenvalue weighted by Crippen LogP contribution is 2.12. The van der Waals surface area contributed by atoms with Crippen molar-refractivity contribution in [2.75, 3.05) is 20.1 Å². The summed E-state index contributed by atoms with van der Waals surface area (Å²) in [6.45, 7) is 2.49. The predicted molar refractivity (Wildman–Crippen MR) is 54.5 cm³/mol. The predicted octanol–water partition coefficient (Wildman–Crippen LogP) is 1.37. The minimum absolute atomic E-state index is 0.483. The fourth-order valence-corrected chi connectivity index (χ4v) is 1.70. The van der Waals surface area contributed by atoms with Gasteiger partial charge in [-0.2, -0.15) is 0 Å². The van der Waals surface area contributed by atoms with Crippen molar-refractivity contribution in [1.29, 1.82) is 0 Å². The summed E-state index contributed by atoms with van der Waals surface area (Å²) in [5.41, 5.74) is 0.682.